The van der Waals surface area contributed by atoms with E-state index in [9.17, 15) is 9.18 Å². The Hall–Kier alpha value is -1.62. The second-order valence-electron chi connectivity index (χ2n) is 5.55. The lowest BCUT2D eigenvalue weighted by atomic mass is 9.90. The first-order chi connectivity index (χ1) is 9.49. The quantitative estimate of drug-likeness (QED) is 0.813. The fourth-order valence-electron chi connectivity index (χ4n) is 2.43. The molecule has 1 unspecified atom stereocenters. The summed E-state index contributed by atoms with van der Waals surface area (Å²) in [6.07, 6.45) is 1.52. The van der Waals surface area contributed by atoms with Crippen molar-refractivity contribution in [2.24, 2.45) is 5.41 Å². The van der Waals surface area contributed by atoms with E-state index in [2.05, 4.69) is 4.90 Å². The highest BCUT2D eigenvalue weighted by molar-refractivity contribution is 5.74. The molecule has 1 atom stereocenters. The lowest BCUT2D eigenvalue weighted by Crippen LogP contribution is -2.32. The average Bonchev–Trinajstić information content (AvgIpc) is 2.80. The summed E-state index contributed by atoms with van der Waals surface area (Å²) in [5, 5.41) is 9.15. The molecule has 1 N–H and O–H groups in total. The monoisotopic (exact) mass is 281 g/mol. The predicted octanol–water partition coefficient (Wildman–Crippen LogP) is 2.39. The van der Waals surface area contributed by atoms with Crippen LogP contribution in [0.5, 0.6) is 5.75 Å². The van der Waals surface area contributed by atoms with E-state index in [-0.39, 0.29) is 5.82 Å². The summed E-state index contributed by atoms with van der Waals surface area (Å²) in [6.45, 7) is 4.58. The summed E-state index contributed by atoms with van der Waals surface area (Å²) >= 11 is 0. The number of benzene rings is 1. The minimum absolute atomic E-state index is 0.276. The normalized spacial score (nSPS) is 22.9. The topological polar surface area (TPSA) is 49.8 Å². The number of carboxylic acids is 1. The van der Waals surface area contributed by atoms with Crippen LogP contribution < -0.4 is 4.74 Å². The van der Waals surface area contributed by atoms with Crippen LogP contribution in [-0.4, -0.2) is 42.2 Å². The Labute approximate surface area is 118 Å². The summed E-state index contributed by atoms with van der Waals surface area (Å²) < 4.78 is 18.2. The fourth-order valence-corrected chi connectivity index (χ4v) is 2.43. The predicted molar refractivity (Wildman–Crippen MR) is 73.3 cm³/mol. The third-order valence-electron chi connectivity index (χ3n) is 3.77. The van der Waals surface area contributed by atoms with Gasteiger partial charge in [0.25, 0.3) is 0 Å². The van der Waals surface area contributed by atoms with Gasteiger partial charge in [-0.3, -0.25) is 4.79 Å². The van der Waals surface area contributed by atoms with Gasteiger partial charge < -0.3 is 14.7 Å². The highest BCUT2D eigenvalue weighted by atomic mass is 19.1. The molecule has 0 amide bonds. The number of rotatable bonds is 6. The molecule has 0 bridgehead atoms. The Balaban J connectivity index is 1.67. The van der Waals surface area contributed by atoms with Crippen molar-refractivity contribution in [3.8, 4) is 5.75 Å². The van der Waals surface area contributed by atoms with Crippen LogP contribution in [0.4, 0.5) is 4.39 Å². The molecule has 0 aromatic heterocycles. The third kappa shape index (κ3) is 3.70. The molecular formula is C15H20FNO3. The van der Waals surface area contributed by atoms with E-state index in [4.69, 9.17) is 9.84 Å². The number of carbonyl (C=O) groups is 1. The second kappa shape index (κ2) is 6.22. The zero-order valence-corrected chi connectivity index (χ0v) is 11.6. The fraction of sp³-hybridized carbons (Fsp3) is 0.533. The molecule has 1 aliphatic rings. The van der Waals surface area contributed by atoms with Crippen molar-refractivity contribution in [3.63, 3.8) is 0 Å². The molecule has 0 spiro atoms. The summed E-state index contributed by atoms with van der Waals surface area (Å²) in [5.74, 6) is -0.340. The molecule has 0 aliphatic carbocycles. The number of nitrogens with zero attached hydrogens (tertiary/aromatic N) is 1. The lowest BCUT2D eigenvalue weighted by molar-refractivity contribution is -0.147. The summed E-state index contributed by atoms with van der Waals surface area (Å²) in [5.41, 5.74) is -0.613. The number of likely N-dealkylation sites (tertiary alicyclic amines) is 1. The Morgan fingerprint density at radius 1 is 1.45 bits per heavy atom. The van der Waals surface area contributed by atoms with Gasteiger partial charge in [-0.25, -0.2) is 4.39 Å². The molecule has 0 radical (unpaired) electrons. The number of hydrogen-bond acceptors (Lipinski definition) is 3. The van der Waals surface area contributed by atoms with Crippen molar-refractivity contribution in [2.75, 3.05) is 26.2 Å². The average molecular weight is 281 g/mol. The van der Waals surface area contributed by atoms with Crippen LogP contribution in [0.3, 0.4) is 0 Å². The molecule has 1 fully saturated rings. The highest BCUT2D eigenvalue weighted by Crippen LogP contribution is 2.29. The molecule has 0 saturated carbocycles. The van der Waals surface area contributed by atoms with Gasteiger partial charge in [-0.1, -0.05) is 0 Å². The van der Waals surface area contributed by atoms with Crippen molar-refractivity contribution in [1.29, 1.82) is 0 Å². The van der Waals surface area contributed by atoms with Crippen LogP contribution in [0.2, 0.25) is 0 Å². The molecule has 5 heteroatoms. The van der Waals surface area contributed by atoms with Crippen molar-refractivity contribution >= 4 is 5.97 Å². The first-order valence-electron chi connectivity index (χ1n) is 6.84. The van der Waals surface area contributed by atoms with Crippen molar-refractivity contribution in [2.45, 2.75) is 19.8 Å². The molecule has 2 rings (SSSR count). The van der Waals surface area contributed by atoms with E-state index < -0.39 is 11.4 Å². The number of aliphatic carboxylic acids is 1. The van der Waals surface area contributed by atoms with Gasteiger partial charge in [0.1, 0.15) is 11.6 Å². The van der Waals surface area contributed by atoms with E-state index in [0.717, 1.165) is 19.5 Å². The van der Waals surface area contributed by atoms with E-state index in [1.54, 1.807) is 19.1 Å². The second-order valence-corrected chi connectivity index (χ2v) is 5.55. The maximum Gasteiger partial charge on any atom is 0.310 e. The molecule has 1 aliphatic heterocycles. The molecule has 20 heavy (non-hydrogen) atoms. The molecule has 1 heterocycles. The first-order valence-corrected chi connectivity index (χ1v) is 6.84. The van der Waals surface area contributed by atoms with Crippen LogP contribution in [0.15, 0.2) is 24.3 Å². The first kappa shape index (κ1) is 14.8. The zero-order valence-electron chi connectivity index (χ0n) is 11.6. The molecule has 1 aromatic rings. The molecule has 1 saturated heterocycles. The van der Waals surface area contributed by atoms with Crippen molar-refractivity contribution < 1.29 is 19.0 Å². The summed E-state index contributed by atoms with van der Waals surface area (Å²) in [4.78, 5) is 13.3. The smallest absolute Gasteiger partial charge is 0.310 e. The van der Waals surface area contributed by atoms with Gasteiger partial charge in [0, 0.05) is 13.1 Å². The van der Waals surface area contributed by atoms with Gasteiger partial charge in [-0.2, -0.15) is 0 Å². The molecule has 1 aromatic carbocycles. The third-order valence-corrected chi connectivity index (χ3v) is 3.77. The number of carboxylic acid groups (broad SMARTS) is 1. The molecule has 4 nitrogen and oxygen atoms in total. The van der Waals surface area contributed by atoms with E-state index in [1.165, 1.54) is 12.1 Å². The van der Waals surface area contributed by atoms with Gasteiger partial charge in [0.05, 0.1) is 12.0 Å². The van der Waals surface area contributed by atoms with Crippen molar-refractivity contribution in [1.82, 2.24) is 4.90 Å². The molecule has 110 valence electrons. The van der Waals surface area contributed by atoms with Crippen LogP contribution in [0.25, 0.3) is 0 Å². The SMILES string of the molecule is CC1(C(=O)O)CCN(CCCOc2ccc(F)cc2)C1. The minimum Gasteiger partial charge on any atom is -0.494 e. The standard InChI is InChI=1S/C15H20FNO3/c1-15(14(18)19)7-9-17(11-15)8-2-10-20-13-5-3-12(16)4-6-13/h3-6H,2,7-11H2,1H3,(H,18,19). The molecular weight excluding hydrogens is 261 g/mol. The van der Waals surface area contributed by atoms with Gasteiger partial charge in [0.15, 0.2) is 0 Å². The van der Waals surface area contributed by atoms with E-state index in [1.807, 2.05) is 0 Å². The van der Waals surface area contributed by atoms with E-state index in [0.29, 0.717) is 25.3 Å². The highest BCUT2D eigenvalue weighted by Gasteiger charge is 2.39. The number of hydrogen-bond donors (Lipinski definition) is 1. The largest absolute Gasteiger partial charge is 0.494 e. The van der Waals surface area contributed by atoms with Crippen LogP contribution >= 0.6 is 0 Å². The van der Waals surface area contributed by atoms with Crippen LogP contribution in [-0.2, 0) is 4.79 Å². The lowest BCUT2D eigenvalue weighted by Gasteiger charge is -2.19. The summed E-state index contributed by atoms with van der Waals surface area (Å²) in [6, 6.07) is 5.95. The van der Waals surface area contributed by atoms with Gasteiger partial charge in [-0.05, 0) is 50.6 Å². The Morgan fingerprint density at radius 2 is 2.15 bits per heavy atom. The number of halogens is 1. The van der Waals surface area contributed by atoms with Crippen LogP contribution in [0, 0.1) is 11.2 Å². The zero-order chi connectivity index (χ0) is 14.6. The maximum atomic E-state index is 12.7. The Morgan fingerprint density at radius 3 is 2.75 bits per heavy atom. The maximum absolute atomic E-state index is 12.7. The summed E-state index contributed by atoms with van der Waals surface area (Å²) in [7, 11) is 0. The van der Waals surface area contributed by atoms with Gasteiger partial charge in [-0.15, -0.1) is 0 Å². The Bertz CT molecular complexity index is 463. The minimum atomic E-state index is -0.720. The number of ether oxygens (including phenoxy) is 1. The van der Waals surface area contributed by atoms with Gasteiger partial charge >= 0.3 is 5.97 Å². The Kier molecular flexibility index (Phi) is 4.60. The van der Waals surface area contributed by atoms with Crippen LogP contribution in [0.1, 0.15) is 19.8 Å². The van der Waals surface area contributed by atoms with Crippen molar-refractivity contribution in [3.05, 3.63) is 30.1 Å². The van der Waals surface area contributed by atoms with Gasteiger partial charge in [0.2, 0.25) is 0 Å². The van der Waals surface area contributed by atoms with E-state index >= 15 is 0 Å².